The lowest BCUT2D eigenvalue weighted by Crippen LogP contribution is -2.00. The summed E-state index contributed by atoms with van der Waals surface area (Å²) in [6, 6.07) is 2.60. The van der Waals surface area contributed by atoms with Crippen molar-refractivity contribution in [2.75, 3.05) is 7.11 Å². The topological polar surface area (TPSA) is 43.4 Å². The van der Waals surface area contributed by atoms with Gasteiger partial charge in [0, 0.05) is 16.2 Å². The molecule has 7 heteroatoms. The molecule has 0 aromatic heterocycles. The first-order valence-electron chi connectivity index (χ1n) is 3.78. The van der Waals surface area contributed by atoms with E-state index < -0.39 is 20.6 Å². The molecule has 0 aliphatic carbocycles. The Morgan fingerprint density at radius 1 is 1.47 bits per heavy atom. The van der Waals surface area contributed by atoms with E-state index in [1.54, 1.807) is 0 Å². The second-order valence-electron chi connectivity index (χ2n) is 2.74. The van der Waals surface area contributed by atoms with Crippen LogP contribution in [0.15, 0.2) is 12.1 Å². The third-order valence-electron chi connectivity index (χ3n) is 1.66. The van der Waals surface area contributed by atoms with Crippen LogP contribution in [0.2, 0.25) is 5.02 Å². The Kier molecular flexibility index (Phi) is 3.81. The van der Waals surface area contributed by atoms with Crippen LogP contribution in [0.3, 0.4) is 0 Å². The van der Waals surface area contributed by atoms with Crippen molar-refractivity contribution in [3.63, 3.8) is 0 Å². The van der Waals surface area contributed by atoms with Gasteiger partial charge in [0.2, 0.25) is 9.05 Å². The van der Waals surface area contributed by atoms with Gasteiger partial charge in [0.1, 0.15) is 0 Å². The molecule has 0 saturated heterocycles. The first-order valence-corrected chi connectivity index (χ1v) is 6.64. The third-order valence-corrected chi connectivity index (χ3v) is 2.94. The molecule has 0 spiro atoms. The zero-order valence-corrected chi connectivity index (χ0v) is 9.96. The van der Waals surface area contributed by atoms with E-state index in [-0.39, 0.29) is 16.3 Å². The van der Waals surface area contributed by atoms with Crippen LogP contribution >= 0.6 is 22.3 Å². The summed E-state index contributed by atoms with van der Waals surface area (Å²) >= 11 is 5.50. The molecule has 0 N–H and O–H groups in total. The number of ether oxygens (including phenoxy) is 1. The molecule has 0 atom stereocenters. The van der Waals surface area contributed by atoms with Gasteiger partial charge in [-0.3, -0.25) is 0 Å². The normalized spacial score (nSPS) is 11.5. The van der Waals surface area contributed by atoms with Gasteiger partial charge in [0.25, 0.3) is 0 Å². The molecule has 84 valence electrons. The van der Waals surface area contributed by atoms with Crippen molar-refractivity contribution in [3.05, 3.63) is 28.5 Å². The first-order chi connectivity index (χ1) is 6.85. The van der Waals surface area contributed by atoms with Crippen LogP contribution in [-0.2, 0) is 14.8 Å². The van der Waals surface area contributed by atoms with Gasteiger partial charge in [-0.15, -0.1) is 0 Å². The van der Waals surface area contributed by atoms with Crippen molar-refractivity contribution in [1.82, 2.24) is 0 Å². The fraction of sp³-hybridized carbons (Fsp3) is 0.250. The van der Waals surface area contributed by atoms with Gasteiger partial charge in [0.15, 0.2) is 11.6 Å². The highest BCUT2D eigenvalue weighted by molar-refractivity contribution is 8.13. The van der Waals surface area contributed by atoms with Crippen molar-refractivity contribution in [2.45, 2.75) is 5.75 Å². The van der Waals surface area contributed by atoms with Crippen LogP contribution in [0, 0.1) is 5.82 Å². The fourth-order valence-electron chi connectivity index (χ4n) is 1.09. The number of hydrogen-bond acceptors (Lipinski definition) is 3. The molecule has 1 aromatic carbocycles. The summed E-state index contributed by atoms with van der Waals surface area (Å²) in [4.78, 5) is 0. The van der Waals surface area contributed by atoms with E-state index in [0.29, 0.717) is 0 Å². The lowest BCUT2D eigenvalue weighted by Gasteiger charge is -2.08. The molecule has 3 nitrogen and oxygen atoms in total. The lowest BCUT2D eigenvalue weighted by molar-refractivity contribution is 0.383. The molecule has 0 aliphatic heterocycles. The van der Waals surface area contributed by atoms with Crippen molar-refractivity contribution >= 4 is 31.3 Å². The van der Waals surface area contributed by atoms with Crippen molar-refractivity contribution in [1.29, 1.82) is 0 Å². The van der Waals surface area contributed by atoms with Gasteiger partial charge >= 0.3 is 0 Å². The van der Waals surface area contributed by atoms with Crippen LogP contribution in [0.5, 0.6) is 5.75 Å². The summed E-state index contributed by atoms with van der Waals surface area (Å²) in [7, 11) is 2.51. The van der Waals surface area contributed by atoms with E-state index in [0.717, 1.165) is 0 Å². The number of hydrogen-bond donors (Lipinski definition) is 0. The quantitative estimate of drug-likeness (QED) is 0.795. The highest BCUT2D eigenvalue weighted by Gasteiger charge is 2.17. The average molecular weight is 273 g/mol. The van der Waals surface area contributed by atoms with Crippen molar-refractivity contribution in [3.8, 4) is 5.75 Å². The number of halogens is 3. The molecule has 1 rings (SSSR count). The van der Waals surface area contributed by atoms with Crippen LogP contribution < -0.4 is 4.74 Å². The van der Waals surface area contributed by atoms with Crippen LogP contribution in [0.25, 0.3) is 0 Å². The first kappa shape index (κ1) is 12.5. The minimum Gasteiger partial charge on any atom is -0.493 e. The Balaban J connectivity index is 3.25. The maximum absolute atomic E-state index is 13.3. The van der Waals surface area contributed by atoms with Gasteiger partial charge < -0.3 is 4.74 Å². The molecule has 0 heterocycles. The van der Waals surface area contributed by atoms with Crippen molar-refractivity contribution in [2.24, 2.45) is 0 Å². The summed E-state index contributed by atoms with van der Waals surface area (Å²) < 4.78 is 39.7. The molecular weight excluding hydrogens is 266 g/mol. The Labute approximate surface area is 96.2 Å². The maximum Gasteiger partial charge on any atom is 0.236 e. The van der Waals surface area contributed by atoms with E-state index in [2.05, 4.69) is 0 Å². The molecule has 0 aliphatic rings. The van der Waals surface area contributed by atoms with Gasteiger partial charge in [-0.25, -0.2) is 12.8 Å². The second-order valence-corrected chi connectivity index (χ2v) is 5.92. The van der Waals surface area contributed by atoms with Gasteiger partial charge in [-0.1, -0.05) is 17.7 Å². The zero-order valence-electron chi connectivity index (χ0n) is 7.63. The standard InChI is InChI=1S/C8H7Cl2FO3S/c1-14-8-5(4-15(10,12)13)2-3-6(9)7(8)11/h2-3H,4H2,1H3. The molecule has 0 fully saturated rings. The molecule has 0 bridgehead atoms. The third kappa shape index (κ3) is 3.22. The maximum atomic E-state index is 13.3. The molecule has 0 saturated carbocycles. The van der Waals surface area contributed by atoms with Crippen LogP contribution in [-0.4, -0.2) is 15.5 Å². The molecular formula is C8H7Cl2FO3S. The van der Waals surface area contributed by atoms with Gasteiger partial charge in [-0.2, -0.15) is 0 Å². The minimum atomic E-state index is -3.76. The van der Waals surface area contributed by atoms with Gasteiger partial charge in [0.05, 0.1) is 17.9 Å². The highest BCUT2D eigenvalue weighted by Crippen LogP contribution is 2.30. The van der Waals surface area contributed by atoms with E-state index in [9.17, 15) is 12.8 Å². The van der Waals surface area contributed by atoms with Crippen LogP contribution in [0.1, 0.15) is 5.56 Å². The number of rotatable bonds is 3. The predicted octanol–water partition coefficient (Wildman–Crippen LogP) is 2.56. The molecule has 0 amide bonds. The molecule has 0 unspecified atom stereocenters. The lowest BCUT2D eigenvalue weighted by atomic mass is 10.2. The summed E-state index contributed by atoms with van der Waals surface area (Å²) in [6.45, 7) is 0. The average Bonchev–Trinajstić information content (AvgIpc) is 2.10. The summed E-state index contributed by atoms with van der Waals surface area (Å²) in [6.07, 6.45) is 0. The largest absolute Gasteiger partial charge is 0.493 e. The number of methoxy groups -OCH3 is 1. The van der Waals surface area contributed by atoms with Crippen LogP contribution in [0.4, 0.5) is 4.39 Å². The summed E-state index contributed by atoms with van der Waals surface area (Å²) in [5.41, 5.74) is 0.134. The van der Waals surface area contributed by atoms with Gasteiger partial charge in [-0.05, 0) is 6.07 Å². The number of benzene rings is 1. The summed E-state index contributed by atoms with van der Waals surface area (Å²) in [5, 5.41) is -0.137. The smallest absolute Gasteiger partial charge is 0.236 e. The Morgan fingerprint density at radius 2 is 2.07 bits per heavy atom. The minimum absolute atomic E-state index is 0.134. The molecule has 0 radical (unpaired) electrons. The predicted molar refractivity (Wildman–Crippen MR) is 56.4 cm³/mol. The molecule has 15 heavy (non-hydrogen) atoms. The SMILES string of the molecule is COc1c(CS(=O)(=O)Cl)ccc(Cl)c1F. The zero-order chi connectivity index (χ0) is 11.6. The Hall–Kier alpha value is -0.520. The van der Waals surface area contributed by atoms with E-state index in [4.69, 9.17) is 27.0 Å². The van der Waals surface area contributed by atoms with E-state index in [1.807, 2.05) is 0 Å². The summed E-state index contributed by atoms with van der Waals surface area (Å²) in [5.74, 6) is -1.50. The fourth-order valence-corrected chi connectivity index (χ4v) is 2.19. The Morgan fingerprint density at radius 3 is 2.53 bits per heavy atom. The monoisotopic (exact) mass is 272 g/mol. The van der Waals surface area contributed by atoms with E-state index >= 15 is 0 Å². The second kappa shape index (κ2) is 4.55. The van der Waals surface area contributed by atoms with Crippen molar-refractivity contribution < 1.29 is 17.5 Å². The Bertz CT molecular complexity index is 473. The van der Waals surface area contributed by atoms with E-state index in [1.165, 1.54) is 19.2 Å². The highest BCUT2D eigenvalue weighted by atomic mass is 35.7. The molecule has 1 aromatic rings.